The largest absolute Gasteiger partial charge is 0.497 e. The van der Waals surface area contributed by atoms with E-state index in [2.05, 4.69) is 30.1 Å². The first-order valence-electron chi connectivity index (χ1n) is 7.85. The van der Waals surface area contributed by atoms with E-state index < -0.39 is 0 Å². The van der Waals surface area contributed by atoms with E-state index in [9.17, 15) is 0 Å². The van der Waals surface area contributed by atoms with Crippen LogP contribution in [0.3, 0.4) is 0 Å². The van der Waals surface area contributed by atoms with Crippen LogP contribution in [0.25, 0.3) is 11.5 Å². The SMILES string of the molecule is COc1ccc(OC)c(CSc2nnc(-c3cc(C)cc(C)c3)o2)c1. The highest BCUT2D eigenvalue weighted by Gasteiger charge is 2.12. The molecular formula is C19H20N2O3S. The zero-order valence-electron chi connectivity index (χ0n) is 14.7. The minimum absolute atomic E-state index is 0.527. The molecule has 0 unspecified atom stereocenters. The zero-order valence-corrected chi connectivity index (χ0v) is 15.5. The summed E-state index contributed by atoms with van der Waals surface area (Å²) in [7, 11) is 3.30. The molecule has 0 atom stereocenters. The van der Waals surface area contributed by atoms with Gasteiger partial charge in [-0.2, -0.15) is 0 Å². The van der Waals surface area contributed by atoms with Gasteiger partial charge in [0.1, 0.15) is 11.5 Å². The van der Waals surface area contributed by atoms with Crippen molar-refractivity contribution in [2.75, 3.05) is 14.2 Å². The molecule has 0 saturated carbocycles. The lowest BCUT2D eigenvalue weighted by Gasteiger charge is -2.09. The van der Waals surface area contributed by atoms with Crippen LogP contribution < -0.4 is 9.47 Å². The number of thioether (sulfide) groups is 1. The second-order valence-electron chi connectivity index (χ2n) is 5.72. The summed E-state index contributed by atoms with van der Waals surface area (Å²) < 4.78 is 16.5. The molecular weight excluding hydrogens is 336 g/mol. The van der Waals surface area contributed by atoms with Crippen molar-refractivity contribution < 1.29 is 13.9 Å². The fourth-order valence-electron chi connectivity index (χ4n) is 2.62. The Morgan fingerprint density at radius 3 is 2.40 bits per heavy atom. The third-order valence-electron chi connectivity index (χ3n) is 3.71. The van der Waals surface area contributed by atoms with Gasteiger partial charge in [0.05, 0.1) is 14.2 Å². The molecule has 3 rings (SSSR count). The van der Waals surface area contributed by atoms with Crippen LogP contribution >= 0.6 is 11.8 Å². The second-order valence-corrected chi connectivity index (χ2v) is 6.64. The summed E-state index contributed by atoms with van der Waals surface area (Å²) in [5.74, 6) is 2.78. The Morgan fingerprint density at radius 2 is 1.72 bits per heavy atom. The Kier molecular flexibility index (Phi) is 5.28. The average Bonchev–Trinajstić information content (AvgIpc) is 3.08. The third kappa shape index (κ3) is 4.14. The van der Waals surface area contributed by atoms with E-state index in [-0.39, 0.29) is 0 Å². The molecule has 1 heterocycles. The Morgan fingerprint density at radius 1 is 0.960 bits per heavy atom. The predicted molar refractivity (Wildman–Crippen MR) is 98.3 cm³/mol. The number of benzene rings is 2. The summed E-state index contributed by atoms with van der Waals surface area (Å²) >= 11 is 1.47. The van der Waals surface area contributed by atoms with Crippen LogP contribution in [-0.2, 0) is 5.75 Å². The summed E-state index contributed by atoms with van der Waals surface area (Å²) in [6, 6.07) is 11.9. The molecule has 0 aliphatic rings. The highest BCUT2D eigenvalue weighted by Crippen LogP contribution is 2.31. The monoisotopic (exact) mass is 356 g/mol. The molecule has 0 amide bonds. The fraction of sp³-hybridized carbons (Fsp3) is 0.263. The summed E-state index contributed by atoms with van der Waals surface area (Å²) in [5.41, 5.74) is 4.29. The van der Waals surface area contributed by atoms with Crippen LogP contribution in [0.5, 0.6) is 11.5 Å². The van der Waals surface area contributed by atoms with Crippen LogP contribution in [0.4, 0.5) is 0 Å². The number of ether oxygens (including phenoxy) is 2. The summed E-state index contributed by atoms with van der Waals surface area (Å²) in [6.45, 7) is 4.11. The molecule has 2 aromatic carbocycles. The van der Waals surface area contributed by atoms with Crippen LogP contribution in [-0.4, -0.2) is 24.4 Å². The lowest BCUT2D eigenvalue weighted by molar-refractivity contribution is 0.400. The molecule has 0 aliphatic heterocycles. The van der Waals surface area contributed by atoms with Gasteiger partial charge in [-0.1, -0.05) is 29.0 Å². The molecule has 3 aromatic rings. The van der Waals surface area contributed by atoms with Crippen molar-refractivity contribution in [2.45, 2.75) is 24.8 Å². The van der Waals surface area contributed by atoms with Gasteiger partial charge in [-0.25, -0.2) is 0 Å². The fourth-order valence-corrected chi connectivity index (χ4v) is 3.36. The lowest BCUT2D eigenvalue weighted by Crippen LogP contribution is -1.92. The van der Waals surface area contributed by atoms with Gasteiger partial charge in [0, 0.05) is 16.9 Å². The average molecular weight is 356 g/mol. The lowest BCUT2D eigenvalue weighted by atomic mass is 10.1. The Hall–Kier alpha value is -2.47. The molecule has 5 nitrogen and oxygen atoms in total. The second kappa shape index (κ2) is 7.61. The maximum Gasteiger partial charge on any atom is 0.277 e. The minimum Gasteiger partial charge on any atom is -0.497 e. The van der Waals surface area contributed by atoms with Crippen LogP contribution in [0.1, 0.15) is 16.7 Å². The smallest absolute Gasteiger partial charge is 0.277 e. The van der Waals surface area contributed by atoms with E-state index in [0.29, 0.717) is 16.9 Å². The number of hydrogen-bond acceptors (Lipinski definition) is 6. The van der Waals surface area contributed by atoms with Gasteiger partial charge in [0.15, 0.2) is 0 Å². The van der Waals surface area contributed by atoms with Gasteiger partial charge < -0.3 is 13.9 Å². The van der Waals surface area contributed by atoms with E-state index in [1.807, 2.05) is 30.3 Å². The van der Waals surface area contributed by atoms with Gasteiger partial charge in [-0.15, -0.1) is 10.2 Å². The Bertz CT molecular complexity index is 857. The molecule has 0 bridgehead atoms. The normalized spacial score (nSPS) is 10.7. The number of hydrogen-bond donors (Lipinski definition) is 0. The predicted octanol–water partition coefficient (Wildman–Crippen LogP) is 4.66. The number of aromatic nitrogens is 2. The number of aryl methyl sites for hydroxylation is 2. The van der Waals surface area contributed by atoms with Crippen LogP contribution in [0.2, 0.25) is 0 Å². The molecule has 0 saturated heterocycles. The Labute approximate surface area is 151 Å². The third-order valence-corrected chi connectivity index (χ3v) is 4.58. The van der Waals surface area contributed by atoms with Crippen LogP contribution in [0.15, 0.2) is 46.0 Å². The molecule has 0 N–H and O–H groups in total. The molecule has 0 aliphatic carbocycles. The first kappa shape index (κ1) is 17.4. The summed E-state index contributed by atoms with van der Waals surface area (Å²) in [4.78, 5) is 0. The first-order valence-corrected chi connectivity index (χ1v) is 8.83. The van der Waals surface area contributed by atoms with E-state index >= 15 is 0 Å². The quantitative estimate of drug-likeness (QED) is 0.599. The molecule has 0 fully saturated rings. The van der Waals surface area contributed by atoms with Gasteiger partial charge >= 0.3 is 0 Å². The summed E-state index contributed by atoms with van der Waals surface area (Å²) in [6.07, 6.45) is 0. The number of methoxy groups -OCH3 is 2. The zero-order chi connectivity index (χ0) is 17.8. The van der Waals surface area contributed by atoms with Crippen LogP contribution in [0, 0.1) is 13.8 Å². The Balaban J connectivity index is 1.76. The van der Waals surface area contributed by atoms with Crippen molar-refractivity contribution >= 4 is 11.8 Å². The van der Waals surface area contributed by atoms with Gasteiger partial charge in [-0.05, 0) is 44.2 Å². The van der Waals surface area contributed by atoms with E-state index in [4.69, 9.17) is 13.9 Å². The van der Waals surface area contributed by atoms with Crippen molar-refractivity contribution in [2.24, 2.45) is 0 Å². The van der Waals surface area contributed by atoms with Crippen molar-refractivity contribution in [3.05, 3.63) is 53.1 Å². The van der Waals surface area contributed by atoms with Gasteiger partial charge in [-0.3, -0.25) is 0 Å². The van der Waals surface area contributed by atoms with Crippen molar-refractivity contribution in [3.63, 3.8) is 0 Å². The number of rotatable bonds is 6. The topological polar surface area (TPSA) is 57.4 Å². The maximum absolute atomic E-state index is 5.80. The standard InChI is InChI=1S/C19H20N2O3S/c1-12-7-13(2)9-14(8-12)18-20-21-19(24-18)25-11-15-10-16(22-3)5-6-17(15)23-4/h5-10H,11H2,1-4H3. The highest BCUT2D eigenvalue weighted by atomic mass is 32.2. The van der Waals surface area contributed by atoms with Gasteiger partial charge in [0.25, 0.3) is 5.22 Å². The molecule has 130 valence electrons. The summed E-state index contributed by atoms with van der Waals surface area (Å²) in [5, 5.41) is 8.83. The van der Waals surface area contributed by atoms with Crippen molar-refractivity contribution in [3.8, 4) is 23.0 Å². The molecule has 0 spiro atoms. The maximum atomic E-state index is 5.80. The molecule has 1 aromatic heterocycles. The van der Waals surface area contributed by atoms with Gasteiger partial charge in [0.2, 0.25) is 5.89 Å². The molecule has 25 heavy (non-hydrogen) atoms. The number of nitrogens with zero attached hydrogens (tertiary/aromatic N) is 2. The van der Waals surface area contributed by atoms with E-state index in [1.165, 1.54) is 22.9 Å². The highest BCUT2D eigenvalue weighted by molar-refractivity contribution is 7.98. The molecule has 6 heteroatoms. The molecule has 0 radical (unpaired) electrons. The van der Waals surface area contributed by atoms with E-state index in [0.717, 1.165) is 22.6 Å². The van der Waals surface area contributed by atoms with E-state index in [1.54, 1.807) is 14.2 Å². The minimum atomic E-state index is 0.527. The van der Waals surface area contributed by atoms with Crippen molar-refractivity contribution in [1.29, 1.82) is 0 Å². The van der Waals surface area contributed by atoms with Crippen molar-refractivity contribution in [1.82, 2.24) is 10.2 Å². The first-order chi connectivity index (χ1) is 12.1.